The fourth-order valence-corrected chi connectivity index (χ4v) is 3.08. The summed E-state index contributed by atoms with van der Waals surface area (Å²) in [7, 11) is 1.62. The van der Waals surface area contributed by atoms with Crippen molar-refractivity contribution in [3.8, 4) is 11.5 Å². The predicted octanol–water partition coefficient (Wildman–Crippen LogP) is 5.46. The van der Waals surface area contributed by atoms with E-state index < -0.39 is 0 Å². The molecule has 0 unspecified atom stereocenters. The lowest BCUT2D eigenvalue weighted by Crippen LogP contribution is -2.13. The lowest BCUT2D eigenvalue weighted by molar-refractivity contribution is 0.280. The predicted molar refractivity (Wildman–Crippen MR) is 103 cm³/mol. The van der Waals surface area contributed by atoms with E-state index in [1.54, 1.807) is 31.6 Å². The van der Waals surface area contributed by atoms with E-state index in [0.717, 1.165) is 16.9 Å². The molecule has 0 atom stereocenters. The summed E-state index contributed by atoms with van der Waals surface area (Å²) in [6.07, 6.45) is 1.66. The Hall–Kier alpha value is -2.14. The van der Waals surface area contributed by atoms with E-state index in [9.17, 15) is 0 Å². The minimum absolute atomic E-state index is 0.254. The Bertz CT molecular complexity index is 830. The van der Waals surface area contributed by atoms with Crippen LogP contribution in [0.1, 0.15) is 16.9 Å². The molecule has 0 aliphatic heterocycles. The van der Waals surface area contributed by atoms with Crippen molar-refractivity contribution >= 4 is 23.2 Å². The second-order valence-corrected chi connectivity index (χ2v) is 6.43. The Morgan fingerprint density at radius 2 is 1.73 bits per heavy atom. The maximum absolute atomic E-state index is 6.23. The van der Waals surface area contributed by atoms with Crippen molar-refractivity contribution in [3.63, 3.8) is 0 Å². The van der Waals surface area contributed by atoms with E-state index in [4.69, 9.17) is 37.1 Å². The number of ether oxygens (including phenoxy) is 2. The van der Waals surface area contributed by atoms with Gasteiger partial charge in [-0.15, -0.1) is 0 Å². The first-order chi connectivity index (χ1) is 12.7. The number of rotatable bonds is 8. The van der Waals surface area contributed by atoms with Gasteiger partial charge in [-0.25, -0.2) is 0 Å². The molecule has 0 amide bonds. The standard InChI is InChI=1S/C20H19Cl2NO3/c1-24-19-9-2-5-14(11-23-12-15-6-4-10-25-15)20(19)26-13-16-17(21)7-3-8-18(16)22/h2-10,23H,11-13H2,1H3. The number of hydrogen-bond acceptors (Lipinski definition) is 4. The summed E-state index contributed by atoms with van der Waals surface area (Å²) >= 11 is 12.5. The highest BCUT2D eigenvalue weighted by molar-refractivity contribution is 6.35. The van der Waals surface area contributed by atoms with Crippen LogP contribution in [0.2, 0.25) is 10.0 Å². The van der Waals surface area contributed by atoms with Crippen molar-refractivity contribution in [1.82, 2.24) is 5.32 Å². The maximum Gasteiger partial charge on any atom is 0.166 e. The molecule has 136 valence electrons. The number of methoxy groups -OCH3 is 1. The summed E-state index contributed by atoms with van der Waals surface area (Å²) in [5.41, 5.74) is 1.72. The van der Waals surface area contributed by atoms with Gasteiger partial charge >= 0.3 is 0 Å². The van der Waals surface area contributed by atoms with Crippen LogP contribution in [0.4, 0.5) is 0 Å². The molecule has 1 heterocycles. The summed E-state index contributed by atoms with van der Waals surface area (Å²) in [6, 6.07) is 15.0. The molecule has 0 bridgehead atoms. The molecule has 3 aromatic rings. The van der Waals surface area contributed by atoms with E-state index in [-0.39, 0.29) is 6.61 Å². The fraction of sp³-hybridized carbons (Fsp3) is 0.200. The molecule has 1 aromatic heterocycles. The van der Waals surface area contributed by atoms with Crippen LogP contribution in [0.25, 0.3) is 0 Å². The zero-order valence-electron chi connectivity index (χ0n) is 14.3. The highest BCUT2D eigenvalue weighted by atomic mass is 35.5. The molecule has 0 aliphatic rings. The lowest BCUT2D eigenvalue weighted by atomic mass is 10.1. The third-order valence-corrected chi connectivity index (χ3v) is 4.61. The summed E-state index contributed by atoms with van der Waals surface area (Å²) in [4.78, 5) is 0. The quantitative estimate of drug-likeness (QED) is 0.553. The van der Waals surface area contributed by atoms with Crippen molar-refractivity contribution in [3.05, 3.63) is 81.7 Å². The van der Waals surface area contributed by atoms with Gasteiger partial charge in [0.1, 0.15) is 12.4 Å². The summed E-state index contributed by atoms with van der Waals surface area (Å²) < 4.78 is 16.8. The number of benzene rings is 2. The number of nitrogens with one attached hydrogen (secondary N) is 1. The molecular formula is C20H19Cl2NO3. The average molecular weight is 392 g/mol. The summed E-state index contributed by atoms with van der Waals surface area (Å²) in [5.74, 6) is 2.20. The van der Waals surface area contributed by atoms with Crippen LogP contribution in [0.3, 0.4) is 0 Å². The molecule has 2 aromatic carbocycles. The van der Waals surface area contributed by atoms with E-state index in [1.165, 1.54) is 0 Å². The molecule has 4 nitrogen and oxygen atoms in total. The highest BCUT2D eigenvalue weighted by Gasteiger charge is 2.13. The normalized spacial score (nSPS) is 10.7. The maximum atomic E-state index is 6.23. The molecule has 0 aliphatic carbocycles. The van der Waals surface area contributed by atoms with Gasteiger partial charge < -0.3 is 19.2 Å². The Morgan fingerprint density at radius 1 is 0.962 bits per heavy atom. The van der Waals surface area contributed by atoms with Crippen LogP contribution < -0.4 is 14.8 Å². The summed E-state index contributed by atoms with van der Waals surface area (Å²) in [6.45, 7) is 1.48. The molecule has 3 rings (SSSR count). The van der Waals surface area contributed by atoms with Crippen LogP contribution in [0.15, 0.2) is 59.2 Å². The molecule has 1 N–H and O–H groups in total. The number of halogens is 2. The van der Waals surface area contributed by atoms with Crippen LogP contribution in [-0.2, 0) is 19.7 Å². The second kappa shape index (κ2) is 8.99. The monoisotopic (exact) mass is 391 g/mol. The third-order valence-electron chi connectivity index (χ3n) is 3.90. The van der Waals surface area contributed by atoms with E-state index in [0.29, 0.717) is 34.6 Å². The first-order valence-electron chi connectivity index (χ1n) is 8.13. The molecule has 6 heteroatoms. The van der Waals surface area contributed by atoms with Gasteiger partial charge in [-0.1, -0.05) is 41.4 Å². The molecular weight excluding hydrogens is 373 g/mol. The van der Waals surface area contributed by atoms with E-state index in [1.807, 2.05) is 30.3 Å². The van der Waals surface area contributed by atoms with Crippen LogP contribution >= 0.6 is 23.2 Å². The van der Waals surface area contributed by atoms with Gasteiger partial charge in [0.05, 0.1) is 19.9 Å². The van der Waals surface area contributed by atoms with Gasteiger partial charge in [-0.05, 0) is 30.3 Å². The average Bonchev–Trinajstić information content (AvgIpc) is 3.15. The molecule has 0 spiro atoms. The van der Waals surface area contributed by atoms with Crippen LogP contribution in [-0.4, -0.2) is 7.11 Å². The Kier molecular flexibility index (Phi) is 6.45. The minimum atomic E-state index is 0.254. The zero-order chi connectivity index (χ0) is 18.4. The Balaban J connectivity index is 1.74. The molecule has 0 radical (unpaired) electrons. The molecule has 0 saturated carbocycles. The van der Waals surface area contributed by atoms with Crippen molar-refractivity contribution < 1.29 is 13.9 Å². The van der Waals surface area contributed by atoms with E-state index in [2.05, 4.69) is 5.32 Å². The second-order valence-electron chi connectivity index (χ2n) is 5.62. The lowest BCUT2D eigenvalue weighted by Gasteiger charge is -2.16. The molecule has 0 saturated heterocycles. The van der Waals surface area contributed by atoms with Gasteiger partial charge in [-0.2, -0.15) is 0 Å². The number of furan rings is 1. The number of hydrogen-bond donors (Lipinski definition) is 1. The summed E-state index contributed by atoms with van der Waals surface area (Å²) in [5, 5.41) is 4.48. The van der Waals surface area contributed by atoms with Gasteiger partial charge in [0, 0.05) is 27.7 Å². The Labute approximate surface area is 162 Å². The molecule has 26 heavy (non-hydrogen) atoms. The van der Waals surface area contributed by atoms with Crippen molar-refractivity contribution in [2.75, 3.05) is 7.11 Å². The fourth-order valence-electron chi connectivity index (χ4n) is 2.57. The zero-order valence-corrected chi connectivity index (χ0v) is 15.8. The first-order valence-corrected chi connectivity index (χ1v) is 8.89. The van der Waals surface area contributed by atoms with Gasteiger partial charge in [0.25, 0.3) is 0 Å². The van der Waals surface area contributed by atoms with Crippen molar-refractivity contribution in [1.29, 1.82) is 0 Å². The van der Waals surface area contributed by atoms with Crippen molar-refractivity contribution in [2.24, 2.45) is 0 Å². The first kappa shape index (κ1) is 18.6. The van der Waals surface area contributed by atoms with Crippen LogP contribution in [0.5, 0.6) is 11.5 Å². The van der Waals surface area contributed by atoms with Gasteiger partial charge in [-0.3, -0.25) is 0 Å². The molecule has 0 fully saturated rings. The number of para-hydroxylation sites is 1. The Morgan fingerprint density at radius 3 is 2.42 bits per heavy atom. The third kappa shape index (κ3) is 4.52. The van der Waals surface area contributed by atoms with Gasteiger partial charge in [0.2, 0.25) is 0 Å². The van der Waals surface area contributed by atoms with Gasteiger partial charge in [0.15, 0.2) is 11.5 Å². The van der Waals surface area contributed by atoms with E-state index >= 15 is 0 Å². The SMILES string of the molecule is COc1cccc(CNCc2ccco2)c1OCc1c(Cl)cccc1Cl. The highest BCUT2D eigenvalue weighted by Crippen LogP contribution is 2.33. The van der Waals surface area contributed by atoms with Crippen LogP contribution in [0, 0.1) is 0 Å². The minimum Gasteiger partial charge on any atom is -0.493 e. The smallest absolute Gasteiger partial charge is 0.166 e. The topological polar surface area (TPSA) is 43.6 Å². The largest absolute Gasteiger partial charge is 0.493 e. The van der Waals surface area contributed by atoms with Crippen molar-refractivity contribution in [2.45, 2.75) is 19.7 Å².